The van der Waals surface area contributed by atoms with Crippen molar-refractivity contribution < 1.29 is 8.42 Å². The van der Waals surface area contributed by atoms with E-state index in [-0.39, 0.29) is 11.4 Å². The highest BCUT2D eigenvalue weighted by Crippen LogP contribution is 2.18. The number of likely N-dealkylation sites (N-methyl/N-ethyl adjacent to an activating group) is 2. The van der Waals surface area contributed by atoms with Crippen molar-refractivity contribution in [2.24, 2.45) is 5.73 Å². The maximum atomic E-state index is 12.5. The molecule has 0 aliphatic rings. The van der Waals surface area contributed by atoms with E-state index in [2.05, 4.69) is 11.8 Å². The topological polar surface area (TPSA) is 66.6 Å². The van der Waals surface area contributed by atoms with E-state index < -0.39 is 10.0 Å². The molecule has 0 saturated heterocycles. The van der Waals surface area contributed by atoms with Gasteiger partial charge in [0, 0.05) is 25.7 Å². The van der Waals surface area contributed by atoms with E-state index in [9.17, 15) is 8.42 Å². The highest BCUT2D eigenvalue weighted by Gasteiger charge is 2.22. The third-order valence-electron chi connectivity index (χ3n) is 2.76. The van der Waals surface area contributed by atoms with Crippen molar-refractivity contribution in [2.75, 3.05) is 40.8 Å². The average molecular weight is 295 g/mol. The van der Waals surface area contributed by atoms with Gasteiger partial charge in [0.1, 0.15) is 0 Å². The molecule has 1 rings (SSSR count). The molecule has 110 valence electrons. The first-order valence-corrected chi connectivity index (χ1v) is 7.72. The van der Waals surface area contributed by atoms with Crippen LogP contribution in [0.4, 0.5) is 0 Å². The summed E-state index contributed by atoms with van der Waals surface area (Å²) in [6.45, 7) is 1.28. The Labute approximate surface area is 121 Å². The smallest absolute Gasteiger partial charge is 0.244 e. The van der Waals surface area contributed by atoms with Gasteiger partial charge in [0.2, 0.25) is 10.0 Å². The van der Waals surface area contributed by atoms with Crippen molar-refractivity contribution in [3.05, 3.63) is 29.8 Å². The third-order valence-corrected chi connectivity index (χ3v) is 4.68. The van der Waals surface area contributed by atoms with Crippen molar-refractivity contribution >= 4 is 10.0 Å². The van der Waals surface area contributed by atoms with Crippen molar-refractivity contribution in [1.29, 1.82) is 0 Å². The number of sulfonamides is 1. The van der Waals surface area contributed by atoms with Gasteiger partial charge in [-0.25, -0.2) is 8.42 Å². The van der Waals surface area contributed by atoms with E-state index in [1.54, 1.807) is 31.3 Å². The molecule has 0 heterocycles. The van der Waals surface area contributed by atoms with E-state index in [4.69, 9.17) is 5.73 Å². The lowest BCUT2D eigenvalue weighted by atomic mass is 10.2. The first-order valence-electron chi connectivity index (χ1n) is 6.28. The van der Waals surface area contributed by atoms with E-state index in [1.807, 2.05) is 19.0 Å². The van der Waals surface area contributed by atoms with Gasteiger partial charge in [-0.05, 0) is 26.2 Å². The molecule has 1 aromatic rings. The summed E-state index contributed by atoms with van der Waals surface area (Å²) in [6, 6.07) is 6.72. The van der Waals surface area contributed by atoms with Gasteiger partial charge in [0.25, 0.3) is 0 Å². The van der Waals surface area contributed by atoms with Gasteiger partial charge in [0.15, 0.2) is 0 Å². The van der Waals surface area contributed by atoms with Gasteiger partial charge in [-0.2, -0.15) is 4.31 Å². The number of rotatable bonds is 5. The number of hydrogen-bond acceptors (Lipinski definition) is 4. The number of benzene rings is 1. The van der Waals surface area contributed by atoms with E-state index in [0.717, 1.165) is 0 Å². The molecule has 20 heavy (non-hydrogen) atoms. The summed E-state index contributed by atoms with van der Waals surface area (Å²) >= 11 is 0. The quantitative estimate of drug-likeness (QED) is 0.787. The molecule has 0 aliphatic carbocycles. The van der Waals surface area contributed by atoms with E-state index in [1.165, 1.54) is 4.31 Å². The predicted molar refractivity (Wildman–Crippen MR) is 80.7 cm³/mol. The second-order valence-electron chi connectivity index (χ2n) is 4.63. The Morgan fingerprint density at radius 3 is 2.40 bits per heavy atom. The zero-order chi connectivity index (χ0) is 15.2. The summed E-state index contributed by atoms with van der Waals surface area (Å²) in [5, 5.41) is 0. The zero-order valence-corrected chi connectivity index (χ0v) is 12.9. The number of nitrogens with zero attached hydrogens (tertiary/aromatic N) is 2. The largest absolute Gasteiger partial charge is 0.320 e. The summed E-state index contributed by atoms with van der Waals surface area (Å²) in [5.41, 5.74) is 5.82. The molecule has 0 amide bonds. The average Bonchev–Trinajstić information content (AvgIpc) is 2.42. The molecule has 0 spiro atoms. The highest BCUT2D eigenvalue weighted by molar-refractivity contribution is 7.89. The van der Waals surface area contributed by atoms with Gasteiger partial charge in [-0.15, -0.1) is 0 Å². The Kier molecular flexibility index (Phi) is 6.17. The minimum Gasteiger partial charge on any atom is -0.320 e. The molecule has 0 aliphatic heterocycles. The molecular weight excluding hydrogens is 274 g/mol. The summed E-state index contributed by atoms with van der Waals surface area (Å²) < 4.78 is 26.4. The van der Waals surface area contributed by atoms with Crippen molar-refractivity contribution in [3.63, 3.8) is 0 Å². The number of nitrogens with two attached hydrogens (primary N) is 1. The normalized spacial score (nSPS) is 11.5. The minimum absolute atomic E-state index is 0.199. The Morgan fingerprint density at radius 1 is 1.15 bits per heavy atom. The predicted octanol–water partition coefficient (Wildman–Crippen LogP) is 0.179. The fourth-order valence-electron chi connectivity index (χ4n) is 1.57. The second-order valence-corrected chi connectivity index (χ2v) is 6.65. The van der Waals surface area contributed by atoms with Gasteiger partial charge in [-0.1, -0.05) is 24.0 Å². The Bertz CT molecular complexity index is 600. The van der Waals surface area contributed by atoms with Crippen LogP contribution in [-0.2, 0) is 10.0 Å². The fraction of sp³-hybridized carbons (Fsp3) is 0.429. The van der Waals surface area contributed by atoms with Crippen LogP contribution < -0.4 is 5.73 Å². The summed E-state index contributed by atoms with van der Waals surface area (Å²) in [7, 11) is 1.85. The van der Waals surface area contributed by atoms with Crippen LogP contribution >= 0.6 is 0 Å². The molecule has 0 saturated carbocycles. The fourth-order valence-corrected chi connectivity index (χ4v) is 2.88. The van der Waals surface area contributed by atoms with Crippen molar-refractivity contribution in [3.8, 4) is 11.8 Å². The molecule has 0 unspecified atom stereocenters. The molecule has 6 heteroatoms. The van der Waals surface area contributed by atoms with Gasteiger partial charge in [0.05, 0.1) is 11.4 Å². The van der Waals surface area contributed by atoms with Crippen LogP contribution in [0.2, 0.25) is 0 Å². The minimum atomic E-state index is -3.53. The molecule has 2 N–H and O–H groups in total. The van der Waals surface area contributed by atoms with Crippen LogP contribution in [0.3, 0.4) is 0 Å². The van der Waals surface area contributed by atoms with Crippen molar-refractivity contribution in [2.45, 2.75) is 4.90 Å². The van der Waals surface area contributed by atoms with E-state index in [0.29, 0.717) is 18.7 Å². The summed E-state index contributed by atoms with van der Waals surface area (Å²) in [5.74, 6) is 5.50. The molecule has 0 radical (unpaired) electrons. The lowest BCUT2D eigenvalue weighted by Gasteiger charge is -2.20. The van der Waals surface area contributed by atoms with Crippen LogP contribution in [0.1, 0.15) is 5.56 Å². The lowest BCUT2D eigenvalue weighted by Crippen LogP contribution is -2.33. The lowest BCUT2D eigenvalue weighted by molar-refractivity contribution is 0.358. The molecule has 0 bridgehead atoms. The second kappa shape index (κ2) is 7.41. The Morgan fingerprint density at radius 2 is 1.80 bits per heavy atom. The Balaban J connectivity index is 3.09. The first-order chi connectivity index (χ1) is 9.39. The van der Waals surface area contributed by atoms with Crippen LogP contribution in [0, 0.1) is 11.8 Å². The maximum Gasteiger partial charge on any atom is 0.244 e. The number of hydrogen-bond donors (Lipinski definition) is 1. The van der Waals surface area contributed by atoms with Gasteiger partial charge >= 0.3 is 0 Å². The van der Waals surface area contributed by atoms with Crippen LogP contribution in [0.15, 0.2) is 29.2 Å². The first kappa shape index (κ1) is 16.7. The van der Waals surface area contributed by atoms with Crippen LogP contribution in [0.5, 0.6) is 0 Å². The monoisotopic (exact) mass is 295 g/mol. The molecule has 0 fully saturated rings. The third kappa shape index (κ3) is 4.32. The maximum absolute atomic E-state index is 12.5. The molecule has 0 aromatic heterocycles. The summed E-state index contributed by atoms with van der Waals surface area (Å²) in [4.78, 5) is 2.16. The zero-order valence-electron chi connectivity index (χ0n) is 12.1. The van der Waals surface area contributed by atoms with Gasteiger partial charge < -0.3 is 10.6 Å². The molecule has 0 atom stereocenters. The van der Waals surface area contributed by atoms with Crippen LogP contribution in [-0.4, -0.2) is 58.4 Å². The van der Waals surface area contributed by atoms with E-state index >= 15 is 0 Å². The molecular formula is C14H21N3O2S. The van der Waals surface area contributed by atoms with Gasteiger partial charge in [-0.3, -0.25) is 0 Å². The molecule has 5 nitrogen and oxygen atoms in total. The van der Waals surface area contributed by atoms with Crippen LogP contribution in [0.25, 0.3) is 0 Å². The standard InChI is InChI=1S/C14H21N3O2S/c1-16(2)11-12-17(3)20(18,19)14-9-5-4-7-13(14)8-6-10-15/h4-5,7,9H,10-12,15H2,1-3H3. The Hall–Kier alpha value is -1.39. The molecule has 1 aromatic carbocycles. The summed E-state index contributed by atoms with van der Waals surface area (Å²) in [6.07, 6.45) is 0. The van der Waals surface area contributed by atoms with Crippen molar-refractivity contribution in [1.82, 2.24) is 9.21 Å². The SMILES string of the molecule is CN(C)CCN(C)S(=O)(=O)c1ccccc1C#CCN. The highest BCUT2D eigenvalue weighted by atomic mass is 32.2.